The molecule has 2 N–H and O–H groups in total. The van der Waals surface area contributed by atoms with Crippen LogP contribution in [0.1, 0.15) is 5.56 Å². The summed E-state index contributed by atoms with van der Waals surface area (Å²) in [5.41, 5.74) is 1.34. The number of fused-ring (bicyclic) bond motifs is 1. The van der Waals surface area contributed by atoms with Gasteiger partial charge in [-0.05, 0) is 18.2 Å². The van der Waals surface area contributed by atoms with Crippen molar-refractivity contribution in [2.75, 3.05) is 0 Å². The summed E-state index contributed by atoms with van der Waals surface area (Å²) >= 11 is 0. The fourth-order valence-electron chi connectivity index (χ4n) is 1.33. The molecule has 1 aromatic heterocycles. The quantitative estimate of drug-likeness (QED) is 0.490. The van der Waals surface area contributed by atoms with Crippen molar-refractivity contribution in [3.8, 4) is 12.3 Å². The van der Waals surface area contributed by atoms with E-state index in [0.717, 1.165) is 5.39 Å². The van der Waals surface area contributed by atoms with Crippen LogP contribution in [0.4, 0.5) is 0 Å². The van der Waals surface area contributed by atoms with E-state index in [-0.39, 0.29) is 5.66 Å². The van der Waals surface area contributed by atoms with Crippen molar-refractivity contribution in [2.45, 2.75) is 0 Å². The lowest BCUT2D eigenvalue weighted by atomic mass is 9.87. The monoisotopic (exact) mass is 186 g/mol. The highest BCUT2D eigenvalue weighted by atomic mass is 16.4. The highest BCUT2D eigenvalue weighted by molar-refractivity contribution is 6.57. The molecular weight excluding hydrogens is 179 g/mol. The number of furan rings is 1. The van der Waals surface area contributed by atoms with E-state index in [1.165, 1.54) is 6.07 Å². The van der Waals surface area contributed by atoms with Crippen molar-refractivity contribution in [3.63, 3.8) is 0 Å². The Balaban J connectivity index is 2.72. The molecule has 2 rings (SSSR count). The van der Waals surface area contributed by atoms with Crippen LogP contribution in [-0.4, -0.2) is 17.2 Å². The Hall–Kier alpha value is -1.70. The summed E-state index contributed by atoms with van der Waals surface area (Å²) in [5.74, 6) is 2.50. The Labute approximate surface area is 81.1 Å². The van der Waals surface area contributed by atoms with E-state index in [1.54, 1.807) is 18.2 Å². The Morgan fingerprint density at radius 1 is 1.36 bits per heavy atom. The van der Waals surface area contributed by atoms with Gasteiger partial charge in [-0.3, -0.25) is 0 Å². The number of benzene rings is 1. The second-order valence-electron chi connectivity index (χ2n) is 2.88. The van der Waals surface area contributed by atoms with Crippen molar-refractivity contribution in [1.82, 2.24) is 0 Å². The molecule has 1 heterocycles. The van der Waals surface area contributed by atoms with E-state index in [1.807, 2.05) is 0 Å². The molecular formula is C10H7BO3. The van der Waals surface area contributed by atoms with Crippen molar-refractivity contribution in [2.24, 2.45) is 0 Å². The Morgan fingerprint density at radius 2 is 2.14 bits per heavy atom. The molecule has 0 saturated carbocycles. The van der Waals surface area contributed by atoms with Crippen LogP contribution in [-0.2, 0) is 0 Å². The Morgan fingerprint density at radius 3 is 2.79 bits per heavy atom. The maximum Gasteiger partial charge on any atom is 0.526 e. The van der Waals surface area contributed by atoms with Gasteiger partial charge in [0.15, 0.2) is 0 Å². The third-order valence-electron chi connectivity index (χ3n) is 1.99. The summed E-state index contributed by atoms with van der Waals surface area (Å²) in [7, 11) is -1.60. The average molecular weight is 186 g/mol. The Kier molecular flexibility index (Phi) is 2.04. The number of hydrogen-bond donors (Lipinski definition) is 2. The molecule has 1 aromatic carbocycles. The molecule has 14 heavy (non-hydrogen) atoms. The number of hydrogen-bond acceptors (Lipinski definition) is 3. The number of rotatable bonds is 1. The maximum absolute atomic E-state index is 8.90. The molecule has 0 atom stereocenters. The fourth-order valence-corrected chi connectivity index (χ4v) is 1.33. The maximum atomic E-state index is 8.90. The standard InChI is InChI=1S/C10H7BO3/c1-2-7-4-3-5-9-8(7)6-10(14-9)11(12)13/h1,3-6,12-13H. The summed E-state index contributed by atoms with van der Waals surface area (Å²) in [4.78, 5) is 0. The van der Waals surface area contributed by atoms with E-state index < -0.39 is 7.12 Å². The molecule has 68 valence electrons. The molecule has 2 aromatic rings. The summed E-state index contributed by atoms with van der Waals surface area (Å²) in [6, 6.07) is 6.79. The van der Waals surface area contributed by atoms with Crippen LogP contribution in [0.2, 0.25) is 0 Å². The predicted molar refractivity (Wildman–Crippen MR) is 54.0 cm³/mol. The van der Waals surface area contributed by atoms with Gasteiger partial charge in [-0.1, -0.05) is 12.0 Å². The molecule has 0 unspecified atom stereocenters. The van der Waals surface area contributed by atoms with E-state index >= 15 is 0 Å². The van der Waals surface area contributed by atoms with Gasteiger partial charge in [0.2, 0.25) is 0 Å². The summed E-state index contributed by atoms with van der Waals surface area (Å²) in [5, 5.41) is 18.5. The van der Waals surface area contributed by atoms with Gasteiger partial charge in [-0.2, -0.15) is 0 Å². The first-order valence-electron chi connectivity index (χ1n) is 4.07. The molecule has 0 aliphatic carbocycles. The van der Waals surface area contributed by atoms with Crippen LogP contribution in [0.5, 0.6) is 0 Å². The van der Waals surface area contributed by atoms with Gasteiger partial charge in [0.25, 0.3) is 0 Å². The second-order valence-corrected chi connectivity index (χ2v) is 2.88. The lowest BCUT2D eigenvalue weighted by Gasteiger charge is -1.90. The van der Waals surface area contributed by atoms with Crippen molar-refractivity contribution < 1.29 is 14.5 Å². The first-order chi connectivity index (χ1) is 6.72. The zero-order valence-corrected chi connectivity index (χ0v) is 7.27. The van der Waals surface area contributed by atoms with Gasteiger partial charge < -0.3 is 14.5 Å². The van der Waals surface area contributed by atoms with E-state index in [4.69, 9.17) is 20.9 Å². The smallest absolute Gasteiger partial charge is 0.465 e. The van der Waals surface area contributed by atoms with Crippen molar-refractivity contribution in [3.05, 3.63) is 29.8 Å². The minimum Gasteiger partial charge on any atom is -0.465 e. The van der Waals surface area contributed by atoms with Crippen LogP contribution >= 0.6 is 0 Å². The second kappa shape index (κ2) is 3.22. The predicted octanol–water partition coefficient (Wildman–Crippen LogP) is 0.0939. The minimum absolute atomic E-state index is 0.0997. The summed E-state index contributed by atoms with van der Waals surface area (Å²) in [6.07, 6.45) is 5.28. The van der Waals surface area contributed by atoms with Gasteiger partial charge in [0, 0.05) is 10.9 Å². The first-order valence-corrected chi connectivity index (χ1v) is 4.07. The molecule has 4 heteroatoms. The topological polar surface area (TPSA) is 53.6 Å². The molecule has 0 spiro atoms. The van der Waals surface area contributed by atoms with Gasteiger partial charge in [0.1, 0.15) is 11.2 Å². The van der Waals surface area contributed by atoms with Gasteiger partial charge in [0.05, 0.1) is 0 Å². The minimum atomic E-state index is -1.60. The van der Waals surface area contributed by atoms with Crippen LogP contribution in [0.3, 0.4) is 0 Å². The SMILES string of the molecule is C#Cc1cccc2oc(B(O)O)cc12. The molecule has 0 saturated heterocycles. The van der Waals surface area contributed by atoms with Crippen LogP contribution < -0.4 is 5.66 Å². The Bertz CT molecular complexity index is 508. The van der Waals surface area contributed by atoms with Crippen LogP contribution in [0.25, 0.3) is 11.0 Å². The third kappa shape index (κ3) is 1.29. The average Bonchev–Trinajstić information content (AvgIpc) is 2.60. The van der Waals surface area contributed by atoms with Gasteiger partial charge in [-0.25, -0.2) is 0 Å². The summed E-state index contributed by atoms with van der Waals surface area (Å²) < 4.78 is 5.18. The molecule has 3 nitrogen and oxygen atoms in total. The normalized spacial score (nSPS) is 10.1. The largest absolute Gasteiger partial charge is 0.526 e. The molecule has 0 aliphatic heterocycles. The fraction of sp³-hybridized carbons (Fsp3) is 0. The molecule has 0 amide bonds. The zero-order chi connectivity index (χ0) is 10.1. The van der Waals surface area contributed by atoms with Crippen LogP contribution in [0, 0.1) is 12.3 Å². The van der Waals surface area contributed by atoms with Gasteiger partial charge >= 0.3 is 7.12 Å². The van der Waals surface area contributed by atoms with Crippen LogP contribution in [0.15, 0.2) is 28.7 Å². The lowest BCUT2D eigenvalue weighted by Crippen LogP contribution is -2.27. The van der Waals surface area contributed by atoms with Crippen molar-refractivity contribution >= 4 is 23.7 Å². The number of terminal acetylenes is 1. The third-order valence-corrected chi connectivity index (χ3v) is 1.99. The van der Waals surface area contributed by atoms with Gasteiger partial charge in [-0.15, -0.1) is 6.42 Å². The van der Waals surface area contributed by atoms with E-state index in [2.05, 4.69) is 5.92 Å². The van der Waals surface area contributed by atoms with Crippen molar-refractivity contribution in [1.29, 1.82) is 0 Å². The van der Waals surface area contributed by atoms with E-state index in [0.29, 0.717) is 11.1 Å². The first kappa shape index (κ1) is 8.88. The van der Waals surface area contributed by atoms with E-state index in [9.17, 15) is 0 Å². The molecule has 0 aliphatic rings. The lowest BCUT2D eigenvalue weighted by molar-refractivity contribution is 0.412. The zero-order valence-electron chi connectivity index (χ0n) is 7.27. The molecule has 0 radical (unpaired) electrons. The molecule has 0 bridgehead atoms. The molecule has 0 fully saturated rings. The highest BCUT2D eigenvalue weighted by Crippen LogP contribution is 2.17. The summed E-state index contributed by atoms with van der Waals surface area (Å²) in [6.45, 7) is 0. The highest BCUT2D eigenvalue weighted by Gasteiger charge is 2.17.